The second-order valence-electron chi connectivity index (χ2n) is 6.31. The maximum Gasteiger partial charge on any atom is 0.237 e. The lowest BCUT2D eigenvalue weighted by atomic mass is 9.74. The minimum atomic E-state index is -0.448. The van der Waals surface area contributed by atoms with Gasteiger partial charge in [-0.15, -0.1) is 0 Å². The zero-order chi connectivity index (χ0) is 15.2. The molecule has 1 saturated heterocycles. The first-order valence-electron chi connectivity index (χ1n) is 7.68. The van der Waals surface area contributed by atoms with Crippen LogP contribution in [0.2, 0.25) is 0 Å². The Balaban J connectivity index is 2.76. The molecule has 0 aromatic carbocycles. The Labute approximate surface area is 122 Å². The number of unbranched alkanes of at least 4 members (excludes halogenated alkanes) is 1. The van der Waals surface area contributed by atoms with Crippen LogP contribution in [0.5, 0.6) is 0 Å². The van der Waals surface area contributed by atoms with Crippen molar-refractivity contribution in [1.82, 2.24) is 10.2 Å². The van der Waals surface area contributed by atoms with Gasteiger partial charge < -0.3 is 16.0 Å². The van der Waals surface area contributed by atoms with Gasteiger partial charge >= 0.3 is 0 Å². The fourth-order valence-corrected chi connectivity index (χ4v) is 2.84. The molecule has 1 unspecified atom stereocenters. The first-order valence-corrected chi connectivity index (χ1v) is 7.68. The fraction of sp³-hybridized carbons (Fsp3) is 0.867. The largest absolute Gasteiger partial charge is 0.368 e. The van der Waals surface area contributed by atoms with Gasteiger partial charge in [0.05, 0.1) is 6.54 Å². The first-order chi connectivity index (χ1) is 9.39. The summed E-state index contributed by atoms with van der Waals surface area (Å²) in [6, 6.07) is 0. The predicted octanol–water partition coefficient (Wildman–Crippen LogP) is 1.13. The van der Waals surface area contributed by atoms with Crippen LogP contribution in [0, 0.1) is 11.3 Å². The molecule has 1 aliphatic rings. The zero-order valence-corrected chi connectivity index (χ0v) is 13.1. The normalized spacial score (nSPS) is 19.6. The lowest BCUT2D eigenvalue weighted by molar-refractivity contribution is -0.146. The van der Waals surface area contributed by atoms with E-state index in [1.54, 1.807) is 4.90 Å². The lowest BCUT2D eigenvalue weighted by Crippen LogP contribution is -2.51. The van der Waals surface area contributed by atoms with E-state index in [1.165, 1.54) is 0 Å². The van der Waals surface area contributed by atoms with Crippen LogP contribution in [0.15, 0.2) is 0 Å². The van der Waals surface area contributed by atoms with E-state index in [-0.39, 0.29) is 12.5 Å². The van der Waals surface area contributed by atoms with Gasteiger partial charge in [0.1, 0.15) is 0 Å². The summed E-state index contributed by atoms with van der Waals surface area (Å²) in [7, 11) is 0. The second kappa shape index (κ2) is 7.62. The number of nitrogens with zero attached hydrogens (tertiary/aromatic N) is 1. The molecule has 3 N–H and O–H groups in total. The number of carbonyl (C=O) groups excluding carboxylic acids is 2. The average Bonchev–Trinajstić information content (AvgIpc) is 2.43. The van der Waals surface area contributed by atoms with Crippen molar-refractivity contribution in [3.05, 3.63) is 0 Å². The van der Waals surface area contributed by atoms with Crippen molar-refractivity contribution < 1.29 is 9.59 Å². The molecule has 0 radical (unpaired) electrons. The van der Waals surface area contributed by atoms with E-state index in [9.17, 15) is 9.59 Å². The molecule has 1 aliphatic heterocycles. The van der Waals surface area contributed by atoms with E-state index >= 15 is 0 Å². The maximum absolute atomic E-state index is 12.8. The molecule has 116 valence electrons. The highest BCUT2D eigenvalue weighted by Crippen LogP contribution is 2.33. The van der Waals surface area contributed by atoms with Gasteiger partial charge in [-0.05, 0) is 38.3 Å². The molecule has 5 heteroatoms. The smallest absolute Gasteiger partial charge is 0.237 e. The third-order valence-electron chi connectivity index (χ3n) is 4.28. The van der Waals surface area contributed by atoms with Gasteiger partial charge in [-0.2, -0.15) is 0 Å². The van der Waals surface area contributed by atoms with E-state index in [2.05, 4.69) is 12.2 Å². The monoisotopic (exact) mass is 283 g/mol. The molecule has 0 aliphatic carbocycles. The maximum atomic E-state index is 12.8. The molecule has 1 heterocycles. The van der Waals surface area contributed by atoms with Gasteiger partial charge in [-0.1, -0.05) is 27.2 Å². The van der Waals surface area contributed by atoms with Crippen LogP contribution in [-0.2, 0) is 9.59 Å². The summed E-state index contributed by atoms with van der Waals surface area (Å²) >= 11 is 0. The van der Waals surface area contributed by atoms with Crippen molar-refractivity contribution in [3.8, 4) is 0 Å². The number of hydrogen-bond donors (Lipinski definition) is 2. The molecule has 20 heavy (non-hydrogen) atoms. The summed E-state index contributed by atoms with van der Waals surface area (Å²) in [4.78, 5) is 25.6. The molecule has 5 nitrogen and oxygen atoms in total. The molecular formula is C15H29N3O2. The predicted molar refractivity (Wildman–Crippen MR) is 80.1 cm³/mol. The Bertz CT molecular complexity index is 336. The molecule has 0 aromatic rings. The van der Waals surface area contributed by atoms with E-state index in [0.29, 0.717) is 12.5 Å². The van der Waals surface area contributed by atoms with Crippen LogP contribution in [0.1, 0.15) is 46.5 Å². The third-order valence-corrected chi connectivity index (χ3v) is 4.28. The van der Waals surface area contributed by atoms with Gasteiger partial charge in [-0.3, -0.25) is 9.59 Å². The number of rotatable bonds is 7. The zero-order valence-electron chi connectivity index (χ0n) is 13.1. The molecule has 0 spiro atoms. The number of nitrogens with one attached hydrogen (secondary N) is 1. The standard InChI is InChI=1S/C15H29N3O2/c1-4-5-9-18(11-13(16)19)14(20)15(2,3)12-7-6-8-17-10-12/h12,17H,4-11H2,1-3H3,(H2,16,19). The summed E-state index contributed by atoms with van der Waals surface area (Å²) in [6.07, 6.45) is 4.06. The minimum absolute atomic E-state index is 0.0302. The summed E-state index contributed by atoms with van der Waals surface area (Å²) in [5, 5.41) is 3.36. The van der Waals surface area contributed by atoms with Gasteiger partial charge in [0.15, 0.2) is 0 Å². The summed E-state index contributed by atoms with van der Waals surface area (Å²) in [5.74, 6) is -0.0637. The van der Waals surface area contributed by atoms with Crippen molar-refractivity contribution in [2.24, 2.45) is 17.1 Å². The molecule has 1 rings (SSSR count). The molecule has 0 aromatic heterocycles. The number of nitrogens with two attached hydrogens (primary N) is 1. The van der Waals surface area contributed by atoms with Gasteiger partial charge in [0.25, 0.3) is 0 Å². The molecule has 0 saturated carbocycles. The SMILES string of the molecule is CCCCN(CC(N)=O)C(=O)C(C)(C)C1CCCNC1. The Morgan fingerprint density at radius 2 is 2.10 bits per heavy atom. The van der Waals surface area contributed by atoms with Crippen LogP contribution in [-0.4, -0.2) is 42.9 Å². The summed E-state index contributed by atoms with van der Waals surface area (Å²) < 4.78 is 0. The van der Waals surface area contributed by atoms with Crippen molar-refractivity contribution in [3.63, 3.8) is 0 Å². The molecule has 2 amide bonds. The van der Waals surface area contributed by atoms with Crippen molar-refractivity contribution >= 4 is 11.8 Å². The van der Waals surface area contributed by atoms with Crippen LogP contribution in [0.3, 0.4) is 0 Å². The highest BCUT2D eigenvalue weighted by molar-refractivity contribution is 5.87. The van der Waals surface area contributed by atoms with Gasteiger partial charge in [0.2, 0.25) is 11.8 Å². The molecular weight excluding hydrogens is 254 g/mol. The minimum Gasteiger partial charge on any atom is -0.368 e. The number of primary amides is 1. The number of amides is 2. The van der Waals surface area contributed by atoms with Crippen molar-refractivity contribution in [2.45, 2.75) is 46.5 Å². The molecule has 0 bridgehead atoms. The fourth-order valence-electron chi connectivity index (χ4n) is 2.84. The van der Waals surface area contributed by atoms with Crippen molar-refractivity contribution in [1.29, 1.82) is 0 Å². The molecule has 1 fully saturated rings. The molecule has 1 atom stereocenters. The Hall–Kier alpha value is -1.10. The lowest BCUT2D eigenvalue weighted by Gasteiger charge is -2.39. The first kappa shape index (κ1) is 17.0. The second-order valence-corrected chi connectivity index (χ2v) is 6.31. The average molecular weight is 283 g/mol. The van der Waals surface area contributed by atoms with Crippen LogP contribution in [0.25, 0.3) is 0 Å². The van der Waals surface area contributed by atoms with Crippen molar-refractivity contribution in [2.75, 3.05) is 26.2 Å². The van der Waals surface area contributed by atoms with E-state index in [1.807, 2.05) is 13.8 Å². The highest BCUT2D eigenvalue weighted by Gasteiger charge is 2.39. The number of piperidine rings is 1. The number of hydrogen-bond acceptors (Lipinski definition) is 3. The van der Waals surface area contributed by atoms with Crippen LogP contribution >= 0.6 is 0 Å². The summed E-state index contributed by atoms with van der Waals surface area (Å²) in [6.45, 7) is 8.60. The Morgan fingerprint density at radius 3 is 2.60 bits per heavy atom. The van der Waals surface area contributed by atoms with E-state index in [4.69, 9.17) is 5.73 Å². The third kappa shape index (κ3) is 4.47. The summed E-state index contributed by atoms with van der Waals surface area (Å²) in [5.41, 5.74) is 4.83. The quantitative estimate of drug-likeness (QED) is 0.735. The Morgan fingerprint density at radius 1 is 1.40 bits per heavy atom. The van der Waals surface area contributed by atoms with Crippen LogP contribution < -0.4 is 11.1 Å². The Kier molecular flexibility index (Phi) is 6.46. The highest BCUT2D eigenvalue weighted by atomic mass is 16.2. The van der Waals surface area contributed by atoms with Crippen LogP contribution in [0.4, 0.5) is 0 Å². The van der Waals surface area contributed by atoms with Gasteiger partial charge in [0, 0.05) is 12.0 Å². The van der Waals surface area contributed by atoms with E-state index in [0.717, 1.165) is 38.8 Å². The van der Waals surface area contributed by atoms with E-state index < -0.39 is 11.3 Å². The number of carbonyl (C=O) groups is 2. The van der Waals surface area contributed by atoms with Gasteiger partial charge in [-0.25, -0.2) is 0 Å². The topological polar surface area (TPSA) is 75.4 Å².